The van der Waals surface area contributed by atoms with E-state index in [1.54, 1.807) is 49.6 Å². The van der Waals surface area contributed by atoms with Gasteiger partial charge in [-0.05, 0) is 54.5 Å². The normalized spacial score (nSPS) is 11.0. The van der Waals surface area contributed by atoms with Crippen molar-refractivity contribution in [3.05, 3.63) is 59.7 Å². The predicted molar refractivity (Wildman–Crippen MR) is 124 cm³/mol. The lowest BCUT2D eigenvalue weighted by Crippen LogP contribution is -2.11. The number of carbonyl (C=O) groups is 2. The van der Waals surface area contributed by atoms with Crippen LogP contribution >= 0.6 is 0 Å². The van der Waals surface area contributed by atoms with Crippen LogP contribution in [0.3, 0.4) is 0 Å². The Hall–Kier alpha value is -3.58. The summed E-state index contributed by atoms with van der Waals surface area (Å²) in [5.41, 5.74) is 6.96. The highest BCUT2D eigenvalue weighted by atomic mass is 16.5. The highest BCUT2D eigenvalue weighted by Gasteiger charge is 2.07. The molecule has 0 saturated carbocycles. The molecule has 0 fully saturated rings. The quantitative estimate of drug-likeness (QED) is 0.375. The Kier molecular flexibility index (Phi) is 10.0. The molecule has 0 bridgehead atoms. The van der Waals surface area contributed by atoms with Gasteiger partial charge in [-0.15, -0.1) is 0 Å². The standard InChI is InChI=1S/C25H29NO6/c1-4-31-22-11-7-18(15-24(22)29-2)5-9-20(27)17-21(28)10-6-19-8-12-23(32-14-13-26)25(16-19)30-3/h5-12,15-16H,4,13-14,17,26H2,1-3H3/b9-5+,10-6+. The molecule has 2 N–H and O–H groups in total. The molecule has 0 unspecified atom stereocenters. The predicted octanol–water partition coefficient (Wildman–Crippen LogP) is 3.69. The van der Waals surface area contributed by atoms with E-state index in [2.05, 4.69) is 0 Å². The molecule has 0 saturated heterocycles. The van der Waals surface area contributed by atoms with Gasteiger partial charge in [0.15, 0.2) is 34.6 Å². The van der Waals surface area contributed by atoms with Gasteiger partial charge in [0.2, 0.25) is 0 Å². The van der Waals surface area contributed by atoms with Gasteiger partial charge in [0.05, 0.1) is 27.2 Å². The highest BCUT2D eigenvalue weighted by molar-refractivity contribution is 6.10. The molecule has 0 amide bonds. The first kappa shape index (κ1) is 24.7. The minimum atomic E-state index is -0.300. The molecule has 7 nitrogen and oxygen atoms in total. The third kappa shape index (κ3) is 7.59. The zero-order valence-electron chi connectivity index (χ0n) is 18.6. The molecular formula is C25H29NO6. The van der Waals surface area contributed by atoms with Crippen LogP contribution in [0.1, 0.15) is 24.5 Å². The second-order valence-corrected chi connectivity index (χ2v) is 6.67. The van der Waals surface area contributed by atoms with Crippen molar-refractivity contribution in [3.8, 4) is 23.0 Å². The van der Waals surface area contributed by atoms with Gasteiger partial charge in [-0.2, -0.15) is 0 Å². The van der Waals surface area contributed by atoms with E-state index < -0.39 is 0 Å². The largest absolute Gasteiger partial charge is 0.493 e. The summed E-state index contributed by atoms with van der Waals surface area (Å²) >= 11 is 0. The summed E-state index contributed by atoms with van der Waals surface area (Å²) in [5, 5.41) is 0. The Morgan fingerprint density at radius 3 is 1.75 bits per heavy atom. The van der Waals surface area contributed by atoms with E-state index in [0.717, 1.165) is 11.1 Å². The Labute approximate surface area is 188 Å². The number of allylic oxidation sites excluding steroid dienone is 2. The molecule has 7 heteroatoms. The number of hydrogen-bond donors (Lipinski definition) is 1. The van der Waals surface area contributed by atoms with Crippen LogP contribution in [0.2, 0.25) is 0 Å². The van der Waals surface area contributed by atoms with Crippen LogP contribution in [0, 0.1) is 0 Å². The Morgan fingerprint density at radius 2 is 1.31 bits per heavy atom. The van der Waals surface area contributed by atoms with Gasteiger partial charge in [0.25, 0.3) is 0 Å². The van der Waals surface area contributed by atoms with Crippen LogP contribution in [-0.4, -0.2) is 45.5 Å². The van der Waals surface area contributed by atoms with E-state index in [9.17, 15) is 9.59 Å². The first-order chi connectivity index (χ1) is 15.5. The van der Waals surface area contributed by atoms with Gasteiger partial charge in [0, 0.05) is 6.54 Å². The van der Waals surface area contributed by atoms with Crippen molar-refractivity contribution in [2.24, 2.45) is 5.73 Å². The lowest BCUT2D eigenvalue weighted by atomic mass is 10.1. The molecule has 0 aliphatic heterocycles. The van der Waals surface area contributed by atoms with Crippen molar-refractivity contribution in [3.63, 3.8) is 0 Å². The summed E-state index contributed by atoms with van der Waals surface area (Å²) in [7, 11) is 3.09. The number of hydrogen-bond acceptors (Lipinski definition) is 7. The highest BCUT2D eigenvalue weighted by Crippen LogP contribution is 2.29. The summed E-state index contributed by atoms with van der Waals surface area (Å²) in [6, 6.07) is 10.6. The molecule has 0 spiro atoms. The molecule has 2 rings (SSSR count). The van der Waals surface area contributed by atoms with E-state index >= 15 is 0 Å². The zero-order valence-corrected chi connectivity index (χ0v) is 18.6. The van der Waals surface area contributed by atoms with Crippen LogP contribution in [0.25, 0.3) is 12.2 Å². The average Bonchev–Trinajstić information content (AvgIpc) is 2.81. The van der Waals surface area contributed by atoms with Crippen molar-refractivity contribution >= 4 is 23.7 Å². The molecule has 0 heterocycles. The minimum absolute atomic E-state index is 0.226. The summed E-state index contributed by atoms with van der Waals surface area (Å²) in [5.74, 6) is 1.73. The molecule has 32 heavy (non-hydrogen) atoms. The lowest BCUT2D eigenvalue weighted by Gasteiger charge is -2.10. The average molecular weight is 440 g/mol. The van der Waals surface area contributed by atoms with Crippen LogP contribution in [-0.2, 0) is 9.59 Å². The molecule has 0 atom stereocenters. The van der Waals surface area contributed by atoms with Crippen molar-refractivity contribution in [2.45, 2.75) is 13.3 Å². The second kappa shape index (κ2) is 13.0. The molecule has 2 aromatic rings. The fourth-order valence-corrected chi connectivity index (χ4v) is 2.81. The molecule has 0 aromatic heterocycles. The van der Waals surface area contributed by atoms with Crippen LogP contribution in [0.5, 0.6) is 23.0 Å². The number of ether oxygens (including phenoxy) is 4. The second-order valence-electron chi connectivity index (χ2n) is 6.67. The fourth-order valence-electron chi connectivity index (χ4n) is 2.81. The van der Waals surface area contributed by atoms with Crippen molar-refractivity contribution in [1.82, 2.24) is 0 Å². The third-order valence-corrected chi connectivity index (χ3v) is 4.32. The SMILES string of the molecule is CCOc1ccc(/C=C/C(=O)CC(=O)/C=C/c2ccc(OCCN)c(OC)c2)cc1OC. The van der Waals surface area contributed by atoms with Crippen LogP contribution < -0.4 is 24.7 Å². The molecule has 170 valence electrons. The van der Waals surface area contributed by atoms with E-state index in [1.807, 2.05) is 13.0 Å². The molecular weight excluding hydrogens is 410 g/mol. The van der Waals surface area contributed by atoms with Gasteiger partial charge in [0.1, 0.15) is 6.61 Å². The zero-order chi connectivity index (χ0) is 23.3. The number of carbonyl (C=O) groups excluding carboxylic acids is 2. The van der Waals surface area contributed by atoms with E-state index in [4.69, 9.17) is 24.7 Å². The van der Waals surface area contributed by atoms with Gasteiger partial charge in [-0.1, -0.05) is 24.3 Å². The van der Waals surface area contributed by atoms with Gasteiger partial charge >= 0.3 is 0 Å². The van der Waals surface area contributed by atoms with Crippen molar-refractivity contribution in [2.75, 3.05) is 34.0 Å². The van der Waals surface area contributed by atoms with Gasteiger partial charge in [-0.25, -0.2) is 0 Å². The topological polar surface area (TPSA) is 97.1 Å². The number of methoxy groups -OCH3 is 2. The van der Waals surface area contributed by atoms with Crippen LogP contribution in [0.4, 0.5) is 0 Å². The van der Waals surface area contributed by atoms with E-state index in [1.165, 1.54) is 19.3 Å². The summed E-state index contributed by atoms with van der Waals surface area (Å²) in [6.07, 6.45) is 5.80. The summed E-state index contributed by atoms with van der Waals surface area (Å²) < 4.78 is 21.6. The van der Waals surface area contributed by atoms with Crippen LogP contribution in [0.15, 0.2) is 48.6 Å². The number of benzene rings is 2. The number of ketones is 2. The Bertz CT molecular complexity index is 980. The maximum Gasteiger partial charge on any atom is 0.163 e. The minimum Gasteiger partial charge on any atom is -0.493 e. The molecule has 2 aromatic carbocycles. The van der Waals surface area contributed by atoms with Gasteiger partial charge < -0.3 is 24.7 Å². The first-order valence-corrected chi connectivity index (χ1v) is 10.2. The third-order valence-electron chi connectivity index (χ3n) is 4.32. The number of nitrogens with two attached hydrogens (primary N) is 1. The fraction of sp³-hybridized carbons (Fsp3) is 0.280. The molecule has 0 aliphatic rings. The number of rotatable bonds is 13. The monoisotopic (exact) mass is 439 g/mol. The van der Waals surface area contributed by atoms with E-state index in [-0.39, 0.29) is 18.0 Å². The maximum absolute atomic E-state index is 12.2. The smallest absolute Gasteiger partial charge is 0.163 e. The van der Waals surface area contributed by atoms with Gasteiger partial charge in [-0.3, -0.25) is 9.59 Å². The molecule has 0 radical (unpaired) electrons. The van der Waals surface area contributed by atoms with Crippen molar-refractivity contribution < 1.29 is 28.5 Å². The van der Waals surface area contributed by atoms with Crippen molar-refractivity contribution in [1.29, 1.82) is 0 Å². The summed E-state index contributed by atoms with van der Waals surface area (Å²) in [4.78, 5) is 24.3. The maximum atomic E-state index is 12.2. The first-order valence-electron chi connectivity index (χ1n) is 10.2. The molecule has 0 aliphatic carbocycles. The van der Waals surface area contributed by atoms with E-state index in [0.29, 0.717) is 42.8 Å². The summed E-state index contributed by atoms with van der Waals surface area (Å²) in [6.45, 7) is 3.19. The Balaban J connectivity index is 1.96. The lowest BCUT2D eigenvalue weighted by molar-refractivity contribution is -0.121. The Morgan fingerprint density at radius 1 is 0.812 bits per heavy atom.